The quantitative estimate of drug-likeness (QED) is 0.853. The molecule has 0 unspecified atom stereocenters. The number of hydrogen-bond acceptors (Lipinski definition) is 4. The van der Waals surface area contributed by atoms with Crippen LogP contribution in [0.25, 0.3) is 10.9 Å². The minimum atomic E-state index is 0.366. The average molecular weight is 233 g/mol. The predicted octanol–water partition coefficient (Wildman–Crippen LogP) is 2.45. The van der Waals surface area contributed by atoms with Crippen LogP contribution in [0, 0.1) is 5.41 Å². The third kappa shape index (κ3) is 1.68. The van der Waals surface area contributed by atoms with Gasteiger partial charge >= 0.3 is 0 Å². The first kappa shape index (κ1) is 10.1. The molecule has 1 aliphatic carbocycles. The van der Waals surface area contributed by atoms with E-state index in [1.165, 1.54) is 34.8 Å². The van der Waals surface area contributed by atoms with Crippen LogP contribution < -0.4 is 11.1 Å². The summed E-state index contributed by atoms with van der Waals surface area (Å²) in [6, 6.07) is 8.24. The Bertz CT molecular complexity index is 502. The largest absolute Gasteiger partial charge is 0.375 e. The number of rotatable bonds is 4. The van der Waals surface area contributed by atoms with Crippen molar-refractivity contribution in [3.63, 3.8) is 0 Å². The minimum Gasteiger partial charge on any atom is -0.375 e. The van der Waals surface area contributed by atoms with E-state index in [9.17, 15) is 0 Å². The lowest BCUT2D eigenvalue weighted by Gasteiger charge is -2.12. The smallest absolute Gasteiger partial charge is 0.117 e. The normalized spacial score (nSPS) is 17.6. The molecular weight excluding hydrogens is 218 g/mol. The molecule has 1 aromatic heterocycles. The van der Waals surface area contributed by atoms with Crippen LogP contribution in [-0.2, 0) is 0 Å². The summed E-state index contributed by atoms with van der Waals surface area (Å²) in [7, 11) is 0. The van der Waals surface area contributed by atoms with Gasteiger partial charge in [-0.2, -0.15) is 4.37 Å². The van der Waals surface area contributed by atoms with Gasteiger partial charge in [-0.1, -0.05) is 12.1 Å². The molecule has 16 heavy (non-hydrogen) atoms. The van der Waals surface area contributed by atoms with Gasteiger partial charge in [0.1, 0.15) is 5.00 Å². The Balaban J connectivity index is 1.79. The third-order valence-electron chi connectivity index (χ3n) is 3.40. The minimum absolute atomic E-state index is 0.366. The molecule has 0 spiro atoms. The highest BCUT2D eigenvalue weighted by molar-refractivity contribution is 7.11. The van der Waals surface area contributed by atoms with Crippen molar-refractivity contribution in [2.45, 2.75) is 12.8 Å². The van der Waals surface area contributed by atoms with Crippen molar-refractivity contribution >= 4 is 27.4 Å². The van der Waals surface area contributed by atoms with Crippen LogP contribution >= 0.6 is 11.5 Å². The molecule has 1 heterocycles. The number of benzene rings is 1. The Labute approximate surface area is 98.8 Å². The van der Waals surface area contributed by atoms with Gasteiger partial charge in [-0.05, 0) is 48.5 Å². The molecule has 0 amide bonds. The van der Waals surface area contributed by atoms with Crippen LogP contribution in [-0.4, -0.2) is 17.5 Å². The van der Waals surface area contributed by atoms with E-state index in [0.717, 1.165) is 18.6 Å². The number of hydrogen-bond donors (Lipinski definition) is 2. The molecular formula is C12H15N3S. The lowest BCUT2D eigenvalue weighted by Crippen LogP contribution is -2.23. The highest BCUT2D eigenvalue weighted by Gasteiger charge is 2.40. The van der Waals surface area contributed by atoms with Crippen molar-refractivity contribution in [3.8, 4) is 0 Å². The van der Waals surface area contributed by atoms with E-state index in [2.05, 4.69) is 21.8 Å². The van der Waals surface area contributed by atoms with Crippen molar-refractivity contribution in [1.29, 1.82) is 0 Å². The van der Waals surface area contributed by atoms with Gasteiger partial charge in [-0.3, -0.25) is 0 Å². The van der Waals surface area contributed by atoms with Gasteiger partial charge in [0.15, 0.2) is 0 Å². The summed E-state index contributed by atoms with van der Waals surface area (Å²) in [5.74, 6) is 0. The summed E-state index contributed by atoms with van der Waals surface area (Å²) in [6.45, 7) is 1.77. The zero-order valence-electron chi connectivity index (χ0n) is 9.07. The molecule has 0 aliphatic heterocycles. The molecule has 2 aromatic rings. The van der Waals surface area contributed by atoms with Crippen molar-refractivity contribution in [1.82, 2.24) is 4.37 Å². The van der Waals surface area contributed by atoms with Gasteiger partial charge in [0.25, 0.3) is 0 Å². The second-order valence-electron chi connectivity index (χ2n) is 4.59. The Morgan fingerprint density at radius 3 is 2.94 bits per heavy atom. The molecule has 3 rings (SSSR count). The van der Waals surface area contributed by atoms with Crippen molar-refractivity contribution in [2.75, 3.05) is 18.4 Å². The van der Waals surface area contributed by atoms with Crippen molar-refractivity contribution in [2.24, 2.45) is 11.1 Å². The van der Waals surface area contributed by atoms with Gasteiger partial charge in [-0.25, -0.2) is 0 Å². The van der Waals surface area contributed by atoms with E-state index in [1.54, 1.807) is 0 Å². The lowest BCUT2D eigenvalue weighted by molar-refractivity contribution is 0.556. The summed E-state index contributed by atoms with van der Waals surface area (Å²) >= 11 is 1.54. The zero-order valence-corrected chi connectivity index (χ0v) is 9.89. The summed E-state index contributed by atoms with van der Waals surface area (Å²) in [6.07, 6.45) is 2.51. The van der Waals surface area contributed by atoms with Crippen molar-refractivity contribution in [3.05, 3.63) is 24.3 Å². The third-order valence-corrected chi connectivity index (χ3v) is 4.23. The lowest BCUT2D eigenvalue weighted by atomic mass is 10.1. The topological polar surface area (TPSA) is 50.9 Å². The van der Waals surface area contributed by atoms with E-state index in [4.69, 9.17) is 5.73 Å². The van der Waals surface area contributed by atoms with Gasteiger partial charge in [0.05, 0.1) is 5.52 Å². The van der Waals surface area contributed by atoms with Crippen LogP contribution in [0.2, 0.25) is 0 Å². The first-order chi connectivity index (χ1) is 7.83. The van der Waals surface area contributed by atoms with Gasteiger partial charge in [-0.15, -0.1) is 0 Å². The number of nitrogens with two attached hydrogens (primary N) is 1. The monoisotopic (exact) mass is 233 g/mol. The van der Waals surface area contributed by atoms with Gasteiger partial charge in [0.2, 0.25) is 0 Å². The molecule has 1 aliphatic rings. The van der Waals surface area contributed by atoms with E-state index in [0.29, 0.717) is 5.41 Å². The fourth-order valence-electron chi connectivity index (χ4n) is 1.91. The van der Waals surface area contributed by atoms with Crippen LogP contribution in [0.4, 0.5) is 5.00 Å². The molecule has 0 atom stereocenters. The molecule has 3 nitrogen and oxygen atoms in total. The molecule has 3 N–H and O–H groups in total. The van der Waals surface area contributed by atoms with Crippen LogP contribution in [0.3, 0.4) is 0 Å². The second-order valence-corrected chi connectivity index (χ2v) is 5.36. The highest BCUT2D eigenvalue weighted by atomic mass is 32.1. The zero-order chi connectivity index (χ0) is 11.0. The van der Waals surface area contributed by atoms with Crippen LogP contribution in [0.1, 0.15) is 12.8 Å². The summed E-state index contributed by atoms with van der Waals surface area (Å²) in [4.78, 5) is 0. The first-order valence-electron chi connectivity index (χ1n) is 5.61. The van der Waals surface area contributed by atoms with Gasteiger partial charge in [0, 0.05) is 11.9 Å². The fraction of sp³-hybridized carbons (Fsp3) is 0.417. The van der Waals surface area contributed by atoms with Crippen LogP contribution in [0.15, 0.2) is 24.3 Å². The SMILES string of the molecule is NCC1(CNc2snc3ccccc23)CC1. The maximum Gasteiger partial charge on any atom is 0.117 e. The van der Waals surface area contributed by atoms with E-state index in [-0.39, 0.29) is 0 Å². The molecule has 84 valence electrons. The Hall–Kier alpha value is -1.13. The average Bonchev–Trinajstić information content (AvgIpc) is 3.01. The Kier molecular flexibility index (Phi) is 2.33. The summed E-state index contributed by atoms with van der Waals surface area (Å²) in [5, 5.41) is 5.90. The van der Waals surface area contributed by atoms with E-state index < -0.39 is 0 Å². The van der Waals surface area contributed by atoms with Crippen LogP contribution in [0.5, 0.6) is 0 Å². The van der Waals surface area contributed by atoms with E-state index >= 15 is 0 Å². The molecule has 0 bridgehead atoms. The Morgan fingerprint density at radius 1 is 1.38 bits per heavy atom. The highest BCUT2D eigenvalue weighted by Crippen LogP contribution is 2.44. The number of fused-ring (bicyclic) bond motifs is 1. The fourth-order valence-corrected chi connectivity index (χ4v) is 2.67. The summed E-state index contributed by atoms with van der Waals surface area (Å²) in [5.41, 5.74) is 7.21. The predicted molar refractivity (Wildman–Crippen MR) is 68.8 cm³/mol. The number of anilines is 1. The molecule has 0 radical (unpaired) electrons. The molecule has 4 heteroatoms. The maximum absolute atomic E-state index is 5.77. The van der Waals surface area contributed by atoms with Gasteiger partial charge < -0.3 is 11.1 Å². The molecule has 0 saturated heterocycles. The van der Waals surface area contributed by atoms with Crippen molar-refractivity contribution < 1.29 is 0 Å². The summed E-state index contributed by atoms with van der Waals surface area (Å²) < 4.78 is 4.41. The molecule has 1 saturated carbocycles. The number of aromatic nitrogens is 1. The molecule has 1 aromatic carbocycles. The maximum atomic E-state index is 5.77. The first-order valence-corrected chi connectivity index (χ1v) is 6.39. The second kappa shape index (κ2) is 3.71. The number of nitrogens with one attached hydrogen (secondary N) is 1. The number of nitrogens with zero attached hydrogens (tertiary/aromatic N) is 1. The standard InChI is InChI=1S/C12H15N3S/c13-7-12(5-6-12)8-14-11-9-3-1-2-4-10(9)15-16-11/h1-4,14H,5-8,13H2. The van der Waals surface area contributed by atoms with E-state index in [1.807, 2.05) is 12.1 Å². The molecule has 1 fully saturated rings. The Morgan fingerprint density at radius 2 is 2.19 bits per heavy atom.